The van der Waals surface area contributed by atoms with Gasteiger partial charge in [0.2, 0.25) is 12.2 Å². The van der Waals surface area contributed by atoms with Crippen LogP contribution in [0.3, 0.4) is 0 Å². The van der Waals surface area contributed by atoms with Crippen LogP contribution in [0.1, 0.15) is 42.6 Å². The number of alkyl halides is 5. The minimum Gasteiger partial charge on any atom is -0.406 e. The maximum atomic E-state index is 15.1. The van der Waals surface area contributed by atoms with Crippen LogP contribution in [0.25, 0.3) is 17.1 Å². The van der Waals surface area contributed by atoms with Crippen molar-refractivity contribution in [3.63, 3.8) is 0 Å². The number of urea groups is 1. The van der Waals surface area contributed by atoms with Gasteiger partial charge in [-0.1, -0.05) is 62.0 Å². The fourth-order valence-corrected chi connectivity index (χ4v) is 5.77. The molecule has 1 saturated heterocycles. The van der Waals surface area contributed by atoms with E-state index < -0.39 is 24.9 Å². The summed E-state index contributed by atoms with van der Waals surface area (Å²) in [6.07, 6.45) is -8.15. The molecule has 0 bridgehead atoms. The molecule has 0 aliphatic carbocycles. The molecule has 15 heteroatoms. The van der Waals surface area contributed by atoms with Gasteiger partial charge in [-0.15, -0.1) is 18.3 Å². The smallest absolute Gasteiger partial charge is 0.406 e. The van der Waals surface area contributed by atoms with Gasteiger partial charge in [0.25, 0.3) is 0 Å². The van der Waals surface area contributed by atoms with Gasteiger partial charge in [-0.3, -0.25) is 9.69 Å². The first-order chi connectivity index (χ1) is 21.8. The lowest BCUT2D eigenvalue weighted by Crippen LogP contribution is -2.35. The van der Waals surface area contributed by atoms with E-state index >= 15 is 4.39 Å². The minimum absolute atomic E-state index is 0.0467. The van der Waals surface area contributed by atoms with E-state index in [1.54, 1.807) is 12.1 Å². The number of rotatable bonds is 8. The SMILES string of the molecule is Cc1cccc(N2C(=O)CSC2=NC(=O)NC(F)C(F)c2ccc(-c3ncn(-c4ccc(OC(F)(F)F)cc4)n3)cc2)c1C(C)C. The van der Waals surface area contributed by atoms with E-state index in [4.69, 9.17) is 0 Å². The van der Waals surface area contributed by atoms with Crippen molar-refractivity contribution in [2.24, 2.45) is 4.99 Å². The Bertz CT molecular complexity index is 1760. The highest BCUT2D eigenvalue weighted by molar-refractivity contribution is 8.15. The lowest BCUT2D eigenvalue weighted by atomic mass is 9.95. The van der Waals surface area contributed by atoms with Crippen LogP contribution in [0.2, 0.25) is 0 Å². The number of anilines is 1. The van der Waals surface area contributed by atoms with E-state index in [0.29, 0.717) is 16.9 Å². The number of thioether (sulfide) groups is 1. The third-order valence-corrected chi connectivity index (χ3v) is 7.84. The quantitative estimate of drug-likeness (QED) is 0.156. The Balaban J connectivity index is 1.24. The maximum Gasteiger partial charge on any atom is 0.573 e. The number of amidine groups is 1. The Labute approximate surface area is 264 Å². The summed E-state index contributed by atoms with van der Waals surface area (Å²) < 4.78 is 72.3. The molecule has 2 unspecified atom stereocenters. The monoisotopic (exact) mass is 658 g/mol. The number of aliphatic imine (C=N–C) groups is 1. The molecule has 1 aliphatic rings. The van der Waals surface area contributed by atoms with Crippen molar-refractivity contribution in [1.82, 2.24) is 20.1 Å². The number of halogens is 5. The highest BCUT2D eigenvalue weighted by Crippen LogP contribution is 2.35. The molecule has 0 radical (unpaired) electrons. The lowest BCUT2D eigenvalue weighted by molar-refractivity contribution is -0.274. The number of hydrogen-bond donors (Lipinski definition) is 1. The number of amides is 3. The summed E-state index contributed by atoms with van der Waals surface area (Å²) in [6.45, 7) is 5.89. The van der Waals surface area contributed by atoms with E-state index in [-0.39, 0.29) is 39.9 Å². The summed E-state index contributed by atoms with van der Waals surface area (Å²) in [6, 6.07) is 14.9. The lowest BCUT2D eigenvalue weighted by Gasteiger charge is -2.23. The molecule has 3 aromatic carbocycles. The molecule has 1 aromatic heterocycles. The average molecular weight is 659 g/mol. The van der Waals surface area contributed by atoms with Crippen molar-refractivity contribution in [1.29, 1.82) is 0 Å². The van der Waals surface area contributed by atoms with Crippen molar-refractivity contribution in [2.75, 3.05) is 10.7 Å². The molecule has 0 spiro atoms. The maximum absolute atomic E-state index is 15.1. The predicted molar refractivity (Wildman–Crippen MR) is 163 cm³/mol. The van der Waals surface area contributed by atoms with Gasteiger partial charge in [-0.25, -0.2) is 23.2 Å². The van der Waals surface area contributed by atoms with Gasteiger partial charge >= 0.3 is 12.4 Å². The highest BCUT2D eigenvalue weighted by Gasteiger charge is 2.34. The standard InChI is InChI=1S/C31H27F5N6O3S/c1-17(2)25-18(3)5-4-6-23(25)42-24(43)15-46-30(42)39-29(44)38-27(33)26(32)19-7-9-20(10-8-19)28-37-16-41(40-28)21-11-13-22(14-12-21)45-31(34,35)36/h4-14,16-17,26-27H,15H2,1-3H3,(H,38,44). The van der Waals surface area contributed by atoms with Crippen LogP contribution >= 0.6 is 11.8 Å². The second-order valence-electron chi connectivity index (χ2n) is 10.5. The van der Waals surface area contributed by atoms with Crippen LogP contribution in [-0.4, -0.2) is 50.3 Å². The van der Waals surface area contributed by atoms with Crippen molar-refractivity contribution < 1.29 is 36.3 Å². The number of carbonyl (C=O) groups excluding carboxylic acids is 2. The highest BCUT2D eigenvalue weighted by atomic mass is 32.2. The Hall–Kier alpha value is -4.79. The molecule has 0 saturated carbocycles. The van der Waals surface area contributed by atoms with Gasteiger partial charge in [0, 0.05) is 5.56 Å². The van der Waals surface area contributed by atoms with Gasteiger partial charge in [0.1, 0.15) is 12.1 Å². The van der Waals surface area contributed by atoms with Gasteiger partial charge in [0.05, 0.1) is 17.1 Å². The number of hydrogen-bond acceptors (Lipinski definition) is 6. The molecule has 46 heavy (non-hydrogen) atoms. The molecule has 240 valence electrons. The molecule has 2 heterocycles. The molecule has 1 fully saturated rings. The summed E-state index contributed by atoms with van der Waals surface area (Å²) >= 11 is 1.03. The summed E-state index contributed by atoms with van der Waals surface area (Å²) in [4.78, 5) is 34.7. The number of benzene rings is 3. The zero-order valence-corrected chi connectivity index (χ0v) is 25.4. The number of carbonyl (C=O) groups is 2. The Kier molecular flexibility index (Phi) is 9.42. The first kappa shape index (κ1) is 32.6. The Morgan fingerprint density at radius 1 is 1.04 bits per heavy atom. The second-order valence-corrected chi connectivity index (χ2v) is 11.4. The van der Waals surface area contributed by atoms with Gasteiger partial charge in [-0.2, -0.15) is 4.99 Å². The molecule has 9 nitrogen and oxygen atoms in total. The molecule has 4 aromatic rings. The van der Waals surface area contributed by atoms with Crippen LogP contribution in [0.15, 0.2) is 78.0 Å². The van der Waals surface area contributed by atoms with Gasteiger partial charge in [-0.05, 0) is 59.9 Å². The molecule has 1 aliphatic heterocycles. The van der Waals surface area contributed by atoms with Crippen LogP contribution < -0.4 is 15.0 Å². The normalized spacial score (nSPS) is 15.8. The second kappa shape index (κ2) is 13.3. The topological polar surface area (TPSA) is 102 Å². The van der Waals surface area contributed by atoms with Crippen molar-refractivity contribution in [3.8, 4) is 22.8 Å². The van der Waals surface area contributed by atoms with Gasteiger partial charge < -0.3 is 10.1 Å². The molecule has 5 rings (SSSR count). The fourth-order valence-electron chi connectivity index (χ4n) is 4.91. The van der Waals surface area contributed by atoms with Gasteiger partial charge in [0.15, 0.2) is 17.2 Å². The third kappa shape index (κ3) is 7.36. The average Bonchev–Trinajstić information content (AvgIpc) is 3.63. The first-order valence-corrected chi connectivity index (χ1v) is 14.9. The summed E-state index contributed by atoms with van der Waals surface area (Å²) in [5, 5.41) is 6.25. The number of ether oxygens (including phenoxy) is 1. The number of aryl methyl sites for hydroxylation is 1. The summed E-state index contributed by atoms with van der Waals surface area (Å²) in [5.74, 6) is -0.323. The van der Waals surface area contributed by atoms with Crippen molar-refractivity contribution in [3.05, 3.63) is 89.7 Å². The molecular weight excluding hydrogens is 631 g/mol. The van der Waals surface area contributed by atoms with Crippen LogP contribution in [0, 0.1) is 6.92 Å². The number of nitrogens with one attached hydrogen (secondary N) is 1. The zero-order chi connectivity index (χ0) is 33.2. The summed E-state index contributed by atoms with van der Waals surface area (Å²) in [5.41, 5.74) is 3.27. The van der Waals surface area contributed by atoms with E-state index in [9.17, 15) is 27.2 Å². The fraction of sp³-hybridized carbons (Fsp3) is 0.258. The molecule has 1 N–H and O–H groups in total. The molecule has 2 atom stereocenters. The zero-order valence-electron chi connectivity index (χ0n) is 24.6. The van der Waals surface area contributed by atoms with E-state index in [1.165, 1.54) is 52.3 Å². The third-order valence-electron chi connectivity index (χ3n) is 6.91. The Morgan fingerprint density at radius 3 is 2.39 bits per heavy atom. The predicted octanol–water partition coefficient (Wildman–Crippen LogP) is 7.42. The van der Waals surface area contributed by atoms with E-state index in [1.807, 2.05) is 32.2 Å². The largest absolute Gasteiger partial charge is 0.573 e. The van der Waals surface area contributed by atoms with Crippen molar-refractivity contribution in [2.45, 2.75) is 45.5 Å². The molecule has 3 amide bonds. The summed E-state index contributed by atoms with van der Waals surface area (Å²) in [7, 11) is 0. The van der Waals surface area contributed by atoms with Crippen LogP contribution in [-0.2, 0) is 4.79 Å². The number of aromatic nitrogens is 3. The molecular formula is C31H27F5N6O3S. The van der Waals surface area contributed by atoms with Crippen molar-refractivity contribution >= 4 is 34.6 Å². The van der Waals surface area contributed by atoms with E-state index in [2.05, 4.69) is 19.8 Å². The Morgan fingerprint density at radius 2 is 1.74 bits per heavy atom. The van der Waals surface area contributed by atoms with E-state index in [0.717, 1.165) is 35.0 Å². The first-order valence-electron chi connectivity index (χ1n) is 13.9. The van der Waals surface area contributed by atoms with Crippen LogP contribution in [0.4, 0.5) is 32.4 Å². The van der Waals surface area contributed by atoms with Crippen LogP contribution in [0.5, 0.6) is 5.75 Å². The number of nitrogens with zero attached hydrogens (tertiary/aromatic N) is 5. The minimum atomic E-state index is -4.81.